The SMILES string of the molecule is COc1ccc(CNCC(C)C2CC2)cc1OC. The largest absolute Gasteiger partial charge is 0.493 e. The van der Waals surface area contributed by atoms with Gasteiger partial charge in [-0.1, -0.05) is 13.0 Å². The van der Waals surface area contributed by atoms with Gasteiger partial charge in [0.05, 0.1) is 14.2 Å². The molecule has 1 aromatic rings. The summed E-state index contributed by atoms with van der Waals surface area (Å²) in [5, 5.41) is 3.52. The van der Waals surface area contributed by atoms with E-state index in [4.69, 9.17) is 9.47 Å². The average Bonchev–Trinajstić information content (AvgIpc) is 3.22. The van der Waals surface area contributed by atoms with E-state index in [-0.39, 0.29) is 0 Å². The first-order valence-corrected chi connectivity index (χ1v) is 6.66. The Balaban J connectivity index is 1.84. The van der Waals surface area contributed by atoms with Crippen LogP contribution in [-0.2, 0) is 6.54 Å². The van der Waals surface area contributed by atoms with Crippen molar-refractivity contribution in [3.63, 3.8) is 0 Å². The molecule has 1 N–H and O–H groups in total. The van der Waals surface area contributed by atoms with E-state index in [2.05, 4.69) is 18.3 Å². The molecule has 1 fully saturated rings. The predicted octanol–water partition coefficient (Wildman–Crippen LogP) is 2.84. The maximum absolute atomic E-state index is 5.30. The maximum atomic E-state index is 5.30. The monoisotopic (exact) mass is 249 g/mol. The summed E-state index contributed by atoms with van der Waals surface area (Å²) in [5.74, 6) is 3.34. The zero-order valence-electron chi connectivity index (χ0n) is 11.5. The molecule has 1 aromatic carbocycles. The third kappa shape index (κ3) is 3.39. The predicted molar refractivity (Wildman–Crippen MR) is 73.1 cm³/mol. The summed E-state index contributed by atoms with van der Waals surface area (Å²) < 4.78 is 10.5. The first-order chi connectivity index (χ1) is 8.74. The fourth-order valence-corrected chi connectivity index (χ4v) is 2.27. The molecule has 3 nitrogen and oxygen atoms in total. The van der Waals surface area contributed by atoms with Crippen molar-refractivity contribution >= 4 is 0 Å². The molecule has 100 valence electrons. The smallest absolute Gasteiger partial charge is 0.161 e. The Bertz CT molecular complexity index is 388. The molecule has 1 unspecified atom stereocenters. The van der Waals surface area contributed by atoms with Crippen LogP contribution in [0.2, 0.25) is 0 Å². The molecule has 0 bridgehead atoms. The number of benzene rings is 1. The third-order valence-electron chi connectivity index (χ3n) is 3.67. The Morgan fingerprint density at radius 1 is 1.22 bits per heavy atom. The van der Waals surface area contributed by atoms with Crippen molar-refractivity contribution in [2.45, 2.75) is 26.3 Å². The molecular formula is C15H23NO2. The molecule has 1 saturated carbocycles. The Kier molecular flexibility index (Phi) is 4.48. The minimum atomic E-state index is 0.785. The molecule has 0 heterocycles. The topological polar surface area (TPSA) is 30.5 Å². The minimum Gasteiger partial charge on any atom is -0.493 e. The van der Waals surface area contributed by atoms with Gasteiger partial charge < -0.3 is 14.8 Å². The summed E-state index contributed by atoms with van der Waals surface area (Å²) in [6.07, 6.45) is 2.83. The summed E-state index contributed by atoms with van der Waals surface area (Å²) in [6, 6.07) is 6.07. The van der Waals surface area contributed by atoms with Crippen LogP contribution >= 0.6 is 0 Å². The summed E-state index contributed by atoms with van der Waals surface area (Å²) in [6.45, 7) is 4.32. The molecule has 18 heavy (non-hydrogen) atoms. The number of hydrogen-bond donors (Lipinski definition) is 1. The van der Waals surface area contributed by atoms with E-state index in [1.165, 1.54) is 18.4 Å². The summed E-state index contributed by atoms with van der Waals surface area (Å²) in [7, 11) is 3.33. The number of ether oxygens (including phenoxy) is 2. The molecule has 2 rings (SSSR count). The highest BCUT2D eigenvalue weighted by atomic mass is 16.5. The lowest BCUT2D eigenvalue weighted by Crippen LogP contribution is -2.21. The highest BCUT2D eigenvalue weighted by Gasteiger charge is 2.27. The van der Waals surface area contributed by atoms with Crippen LogP contribution in [0.1, 0.15) is 25.3 Å². The van der Waals surface area contributed by atoms with Crippen molar-refractivity contribution in [3.05, 3.63) is 23.8 Å². The van der Waals surface area contributed by atoms with Crippen molar-refractivity contribution in [2.24, 2.45) is 11.8 Å². The number of methoxy groups -OCH3 is 2. The normalized spacial score (nSPS) is 16.4. The minimum absolute atomic E-state index is 0.785. The molecule has 0 radical (unpaired) electrons. The molecular weight excluding hydrogens is 226 g/mol. The van der Waals surface area contributed by atoms with E-state index in [0.717, 1.165) is 36.4 Å². The van der Waals surface area contributed by atoms with Gasteiger partial charge in [-0.3, -0.25) is 0 Å². The second-order valence-electron chi connectivity index (χ2n) is 5.13. The molecule has 3 heteroatoms. The number of nitrogens with one attached hydrogen (secondary N) is 1. The van der Waals surface area contributed by atoms with Crippen molar-refractivity contribution in [2.75, 3.05) is 20.8 Å². The van der Waals surface area contributed by atoms with Crippen LogP contribution < -0.4 is 14.8 Å². The van der Waals surface area contributed by atoms with Gasteiger partial charge in [0.25, 0.3) is 0 Å². The first kappa shape index (κ1) is 13.2. The summed E-state index contributed by atoms with van der Waals surface area (Å²) >= 11 is 0. The van der Waals surface area contributed by atoms with Gasteiger partial charge in [-0.05, 0) is 48.9 Å². The maximum Gasteiger partial charge on any atom is 0.161 e. The number of rotatable bonds is 7. The number of hydrogen-bond acceptors (Lipinski definition) is 3. The Morgan fingerprint density at radius 3 is 2.56 bits per heavy atom. The van der Waals surface area contributed by atoms with E-state index in [0.29, 0.717) is 0 Å². The van der Waals surface area contributed by atoms with Crippen LogP contribution in [0.5, 0.6) is 11.5 Å². The molecule has 0 aromatic heterocycles. The summed E-state index contributed by atoms with van der Waals surface area (Å²) in [4.78, 5) is 0. The lowest BCUT2D eigenvalue weighted by atomic mass is 10.1. The quantitative estimate of drug-likeness (QED) is 0.806. The zero-order valence-corrected chi connectivity index (χ0v) is 11.5. The Hall–Kier alpha value is -1.22. The second kappa shape index (κ2) is 6.10. The van der Waals surface area contributed by atoms with Gasteiger partial charge in [-0.25, -0.2) is 0 Å². The lowest BCUT2D eigenvalue weighted by Gasteiger charge is -2.13. The molecule has 0 amide bonds. The van der Waals surface area contributed by atoms with Crippen LogP contribution in [0.25, 0.3) is 0 Å². The zero-order chi connectivity index (χ0) is 13.0. The van der Waals surface area contributed by atoms with Crippen molar-refractivity contribution in [3.8, 4) is 11.5 Å². The van der Waals surface area contributed by atoms with Gasteiger partial charge in [-0.2, -0.15) is 0 Å². The third-order valence-corrected chi connectivity index (χ3v) is 3.67. The van der Waals surface area contributed by atoms with E-state index in [1.54, 1.807) is 14.2 Å². The molecule has 1 aliphatic rings. The second-order valence-corrected chi connectivity index (χ2v) is 5.13. The van der Waals surface area contributed by atoms with E-state index >= 15 is 0 Å². The van der Waals surface area contributed by atoms with Gasteiger partial charge in [0.1, 0.15) is 0 Å². The fourth-order valence-electron chi connectivity index (χ4n) is 2.27. The van der Waals surface area contributed by atoms with Gasteiger partial charge >= 0.3 is 0 Å². The lowest BCUT2D eigenvalue weighted by molar-refractivity contribution is 0.354. The van der Waals surface area contributed by atoms with Crippen LogP contribution in [0.4, 0.5) is 0 Å². The highest BCUT2D eigenvalue weighted by Crippen LogP contribution is 2.36. The Labute approximate surface area is 109 Å². The van der Waals surface area contributed by atoms with E-state index in [1.807, 2.05) is 12.1 Å². The van der Waals surface area contributed by atoms with E-state index < -0.39 is 0 Å². The van der Waals surface area contributed by atoms with Crippen LogP contribution in [0.3, 0.4) is 0 Å². The van der Waals surface area contributed by atoms with Crippen LogP contribution in [-0.4, -0.2) is 20.8 Å². The summed E-state index contributed by atoms with van der Waals surface area (Å²) in [5.41, 5.74) is 1.23. The fraction of sp³-hybridized carbons (Fsp3) is 0.600. The van der Waals surface area contributed by atoms with Crippen LogP contribution in [0.15, 0.2) is 18.2 Å². The highest BCUT2D eigenvalue weighted by molar-refractivity contribution is 5.42. The molecule has 0 aliphatic heterocycles. The standard InChI is InChI=1S/C15H23NO2/c1-11(13-5-6-13)9-16-10-12-4-7-14(17-2)15(8-12)18-3/h4,7-8,11,13,16H,5-6,9-10H2,1-3H3. The molecule has 0 spiro atoms. The van der Waals surface area contributed by atoms with Crippen molar-refractivity contribution < 1.29 is 9.47 Å². The van der Waals surface area contributed by atoms with Gasteiger partial charge in [0.2, 0.25) is 0 Å². The van der Waals surface area contributed by atoms with Crippen LogP contribution in [0, 0.1) is 11.8 Å². The van der Waals surface area contributed by atoms with E-state index in [9.17, 15) is 0 Å². The van der Waals surface area contributed by atoms with Crippen molar-refractivity contribution in [1.29, 1.82) is 0 Å². The first-order valence-electron chi connectivity index (χ1n) is 6.66. The average molecular weight is 249 g/mol. The molecule has 1 aliphatic carbocycles. The molecule has 1 atom stereocenters. The van der Waals surface area contributed by atoms with Gasteiger partial charge in [0, 0.05) is 6.54 Å². The Morgan fingerprint density at radius 2 is 1.94 bits per heavy atom. The molecule has 0 saturated heterocycles. The van der Waals surface area contributed by atoms with Gasteiger partial charge in [0.15, 0.2) is 11.5 Å². The van der Waals surface area contributed by atoms with Crippen molar-refractivity contribution in [1.82, 2.24) is 5.32 Å². The van der Waals surface area contributed by atoms with Gasteiger partial charge in [-0.15, -0.1) is 0 Å².